The smallest absolute Gasteiger partial charge is 0.236 e. The fraction of sp³-hybridized carbons (Fsp3) is 0.444. The Morgan fingerprint density at radius 1 is 1.73 bits per heavy atom. The summed E-state index contributed by atoms with van der Waals surface area (Å²) in [5, 5.41) is 14.2. The molecule has 15 heavy (non-hydrogen) atoms. The van der Waals surface area contributed by atoms with Crippen LogP contribution in [0.1, 0.15) is 12.1 Å². The standard InChI is InChI=1S/C9H13N3O3/c1-15-8-2-6-11-9(3-5-10-11)4-7-12(13)14/h3-5,7H,2,6,8H2,1H3/b7-4+. The fourth-order valence-electron chi connectivity index (χ4n) is 1.17. The summed E-state index contributed by atoms with van der Waals surface area (Å²) in [6.07, 6.45) is 4.79. The van der Waals surface area contributed by atoms with Crippen molar-refractivity contribution in [2.45, 2.75) is 13.0 Å². The van der Waals surface area contributed by atoms with E-state index in [0.29, 0.717) is 13.2 Å². The molecule has 1 rings (SSSR count). The Balaban J connectivity index is 2.57. The van der Waals surface area contributed by atoms with Crippen molar-refractivity contribution in [3.05, 3.63) is 34.3 Å². The zero-order valence-corrected chi connectivity index (χ0v) is 8.50. The number of nitrogens with zero attached hydrogens (tertiary/aromatic N) is 3. The summed E-state index contributed by atoms with van der Waals surface area (Å²) < 4.78 is 6.62. The van der Waals surface area contributed by atoms with Crippen molar-refractivity contribution in [2.75, 3.05) is 13.7 Å². The molecular weight excluding hydrogens is 198 g/mol. The molecule has 1 aromatic heterocycles. The van der Waals surface area contributed by atoms with E-state index in [4.69, 9.17) is 4.74 Å². The van der Waals surface area contributed by atoms with E-state index in [1.165, 1.54) is 6.08 Å². The van der Waals surface area contributed by atoms with Gasteiger partial charge in [-0.05, 0) is 12.5 Å². The minimum Gasteiger partial charge on any atom is -0.385 e. The molecule has 0 radical (unpaired) electrons. The molecule has 0 atom stereocenters. The van der Waals surface area contributed by atoms with E-state index in [1.54, 1.807) is 24.1 Å². The number of methoxy groups -OCH3 is 1. The monoisotopic (exact) mass is 211 g/mol. The van der Waals surface area contributed by atoms with E-state index in [1.807, 2.05) is 0 Å². The first-order valence-electron chi connectivity index (χ1n) is 4.56. The van der Waals surface area contributed by atoms with Crippen LogP contribution in [0.4, 0.5) is 0 Å². The summed E-state index contributed by atoms with van der Waals surface area (Å²) in [4.78, 5) is 9.64. The molecule has 0 N–H and O–H groups in total. The van der Waals surface area contributed by atoms with Crippen LogP contribution in [0.25, 0.3) is 6.08 Å². The second-order valence-electron chi connectivity index (χ2n) is 2.93. The molecular formula is C9H13N3O3. The highest BCUT2D eigenvalue weighted by molar-refractivity contribution is 5.42. The summed E-state index contributed by atoms with van der Waals surface area (Å²) in [5.74, 6) is 0. The lowest BCUT2D eigenvalue weighted by Crippen LogP contribution is -2.04. The van der Waals surface area contributed by atoms with Gasteiger partial charge in [-0.15, -0.1) is 0 Å². The third-order valence-electron chi connectivity index (χ3n) is 1.83. The van der Waals surface area contributed by atoms with Crippen LogP contribution in [-0.4, -0.2) is 28.4 Å². The molecule has 0 aromatic carbocycles. The van der Waals surface area contributed by atoms with Crippen molar-refractivity contribution < 1.29 is 9.66 Å². The Morgan fingerprint density at radius 3 is 3.20 bits per heavy atom. The zero-order valence-electron chi connectivity index (χ0n) is 8.50. The number of aryl methyl sites for hydroxylation is 1. The summed E-state index contributed by atoms with van der Waals surface area (Å²) in [5.41, 5.74) is 0.725. The highest BCUT2D eigenvalue weighted by Gasteiger charge is 1.99. The largest absolute Gasteiger partial charge is 0.385 e. The molecule has 0 aliphatic carbocycles. The van der Waals surface area contributed by atoms with Gasteiger partial charge >= 0.3 is 0 Å². The van der Waals surface area contributed by atoms with Crippen LogP contribution in [-0.2, 0) is 11.3 Å². The van der Waals surface area contributed by atoms with Gasteiger partial charge in [0.05, 0.1) is 10.6 Å². The lowest BCUT2D eigenvalue weighted by molar-refractivity contribution is -0.401. The third-order valence-corrected chi connectivity index (χ3v) is 1.83. The molecule has 1 aromatic rings. The highest BCUT2D eigenvalue weighted by Crippen LogP contribution is 2.02. The van der Waals surface area contributed by atoms with Crippen LogP contribution < -0.4 is 0 Å². The predicted molar refractivity (Wildman–Crippen MR) is 54.7 cm³/mol. The molecule has 0 amide bonds. The molecule has 0 saturated heterocycles. The van der Waals surface area contributed by atoms with E-state index in [-0.39, 0.29) is 0 Å². The fourth-order valence-corrected chi connectivity index (χ4v) is 1.17. The van der Waals surface area contributed by atoms with E-state index >= 15 is 0 Å². The molecule has 0 bridgehead atoms. The molecule has 0 spiro atoms. The molecule has 6 nitrogen and oxygen atoms in total. The average molecular weight is 211 g/mol. The zero-order chi connectivity index (χ0) is 11.1. The van der Waals surface area contributed by atoms with Gasteiger partial charge in [0.1, 0.15) is 0 Å². The van der Waals surface area contributed by atoms with E-state index < -0.39 is 4.92 Å². The van der Waals surface area contributed by atoms with Gasteiger partial charge < -0.3 is 4.74 Å². The van der Waals surface area contributed by atoms with Gasteiger partial charge in [-0.2, -0.15) is 5.10 Å². The first-order chi connectivity index (χ1) is 7.24. The molecule has 0 aliphatic heterocycles. The predicted octanol–water partition coefficient (Wildman–Crippen LogP) is 1.17. The molecule has 6 heteroatoms. The summed E-state index contributed by atoms with van der Waals surface area (Å²) in [7, 11) is 1.64. The molecule has 0 unspecified atom stereocenters. The second-order valence-corrected chi connectivity index (χ2v) is 2.93. The van der Waals surface area contributed by atoms with Crippen LogP contribution >= 0.6 is 0 Å². The first-order valence-corrected chi connectivity index (χ1v) is 4.56. The first kappa shape index (κ1) is 11.4. The van der Waals surface area contributed by atoms with E-state index in [0.717, 1.165) is 18.3 Å². The van der Waals surface area contributed by atoms with Gasteiger partial charge in [-0.3, -0.25) is 14.8 Å². The molecule has 1 heterocycles. The number of aromatic nitrogens is 2. The highest BCUT2D eigenvalue weighted by atomic mass is 16.6. The van der Waals surface area contributed by atoms with E-state index in [2.05, 4.69) is 5.10 Å². The maximum atomic E-state index is 10.1. The number of rotatable bonds is 6. The summed E-state index contributed by atoms with van der Waals surface area (Å²) in [6.45, 7) is 1.34. The minimum absolute atomic E-state index is 0.494. The van der Waals surface area contributed by atoms with Crippen molar-refractivity contribution in [3.63, 3.8) is 0 Å². The van der Waals surface area contributed by atoms with Crippen LogP contribution in [0.2, 0.25) is 0 Å². The Hall–Kier alpha value is -1.69. The topological polar surface area (TPSA) is 70.2 Å². The van der Waals surface area contributed by atoms with E-state index in [9.17, 15) is 10.1 Å². The second kappa shape index (κ2) is 5.92. The van der Waals surface area contributed by atoms with Gasteiger partial charge in [-0.25, -0.2) is 0 Å². The number of ether oxygens (including phenoxy) is 1. The third kappa shape index (κ3) is 3.90. The van der Waals surface area contributed by atoms with Crippen LogP contribution in [0.15, 0.2) is 18.5 Å². The lowest BCUT2D eigenvalue weighted by Gasteiger charge is -2.02. The average Bonchev–Trinajstić information content (AvgIpc) is 2.63. The summed E-state index contributed by atoms with van der Waals surface area (Å²) in [6, 6.07) is 1.73. The maximum absolute atomic E-state index is 10.1. The van der Waals surface area contributed by atoms with Gasteiger partial charge in [-0.1, -0.05) is 0 Å². The number of nitro groups is 1. The number of hydrogen-bond acceptors (Lipinski definition) is 4. The van der Waals surface area contributed by atoms with Gasteiger partial charge in [0.25, 0.3) is 0 Å². The van der Waals surface area contributed by atoms with Crippen molar-refractivity contribution >= 4 is 6.08 Å². The Labute approximate surface area is 87.3 Å². The molecule has 0 fully saturated rings. The molecule has 0 saturated carbocycles. The minimum atomic E-state index is -0.494. The Morgan fingerprint density at radius 2 is 2.53 bits per heavy atom. The Kier molecular flexibility index (Phi) is 4.49. The molecule has 0 aliphatic rings. The lowest BCUT2D eigenvalue weighted by atomic mass is 10.4. The van der Waals surface area contributed by atoms with Crippen LogP contribution in [0, 0.1) is 10.1 Å². The van der Waals surface area contributed by atoms with Crippen molar-refractivity contribution in [2.24, 2.45) is 0 Å². The van der Waals surface area contributed by atoms with Gasteiger partial charge in [0.15, 0.2) is 0 Å². The quantitative estimate of drug-likeness (QED) is 0.402. The normalized spacial score (nSPS) is 11.0. The van der Waals surface area contributed by atoms with Crippen LogP contribution in [0.3, 0.4) is 0 Å². The van der Waals surface area contributed by atoms with Crippen molar-refractivity contribution in [3.8, 4) is 0 Å². The van der Waals surface area contributed by atoms with Gasteiger partial charge in [0.2, 0.25) is 6.20 Å². The van der Waals surface area contributed by atoms with Crippen LogP contribution in [0.5, 0.6) is 0 Å². The van der Waals surface area contributed by atoms with Crippen molar-refractivity contribution in [1.29, 1.82) is 0 Å². The summed E-state index contributed by atoms with van der Waals surface area (Å²) >= 11 is 0. The maximum Gasteiger partial charge on any atom is 0.236 e. The SMILES string of the molecule is COCCCn1nccc1/C=C/[N+](=O)[O-]. The van der Waals surface area contributed by atoms with Gasteiger partial charge in [0, 0.05) is 32.5 Å². The van der Waals surface area contributed by atoms with Crippen molar-refractivity contribution in [1.82, 2.24) is 9.78 Å². The Bertz CT molecular complexity index is 346. The number of hydrogen-bond donors (Lipinski definition) is 0. The molecule has 82 valence electrons.